The first-order chi connectivity index (χ1) is 7.06. The van der Waals surface area contributed by atoms with Crippen molar-refractivity contribution in [1.29, 1.82) is 0 Å². The molecule has 0 saturated carbocycles. The first-order valence-corrected chi connectivity index (χ1v) is 5.35. The van der Waals surface area contributed by atoms with Crippen molar-refractivity contribution < 1.29 is 4.74 Å². The van der Waals surface area contributed by atoms with Crippen molar-refractivity contribution in [3.8, 4) is 0 Å². The van der Waals surface area contributed by atoms with Crippen LogP contribution in [-0.2, 0) is 11.3 Å². The molecular weight excluding hydrogens is 190 g/mol. The van der Waals surface area contributed by atoms with Crippen LogP contribution in [-0.4, -0.2) is 23.3 Å². The van der Waals surface area contributed by atoms with Crippen molar-refractivity contribution in [1.82, 2.24) is 9.55 Å². The van der Waals surface area contributed by atoms with Gasteiger partial charge in [0.1, 0.15) is 5.82 Å². The largest absolute Gasteiger partial charge is 0.384 e. The fourth-order valence-corrected chi connectivity index (χ4v) is 1.65. The van der Waals surface area contributed by atoms with E-state index in [1.165, 1.54) is 0 Å². The van der Waals surface area contributed by atoms with Crippen LogP contribution in [0.3, 0.4) is 0 Å². The second-order valence-electron chi connectivity index (χ2n) is 4.42. The fourth-order valence-electron chi connectivity index (χ4n) is 1.65. The van der Waals surface area contributed by atoms with Gasteiger partial charge in [0.25, 0.3) is 0 Å². The molecule has 0 spiro atoms. The topological polar surface area (TPSA) is 53.1 Å². The number of nitrogen functional groups attached to an aromatic ring is 1. The summed E-state index contributed by atoms with van der Waals surface area (Å²) in [5.74, 6) is 1.60. The molecule has 2 N–H and O–H groups in total. The highest BCUT2D eigenvalue weighted by atomic mass is 16.5. The molecule has 0 amide bonds. The monoisotopic (exact) mass is 211 g/mol. The van der Waals surface area contributed by atoms with Crippen LogP contribution in [0.25, 0.3) is 0 Å². The van der Waals surface area contributed by atoms with Crippen molar-refractivity contribution in [2.45, 2.75) is 33.2 Å². The fraction of sp³-hybridized carbons (Fsp3) is 0.727. The van der Waals surface area contributed by atoms with Gasteiger partial charge < -0.3 is 15.0 Å². The first-order valence-electron chi connectivity index (χ1n) is 5.35. The molecule has 0 aromatic carbocycles. The van der Waals surface area contributed by atoms with E-state index in [0.717, 1.165) is 18.1 Å². The molecule has 0 saturated heterocycles. The molecule has 0 radical (unpaired) electrons. The maximum Gasteiger partial charge on any atom is 0.126 e. The van der Waals surface area contributed by atoms with Gasteiger partial charge in [-0.2, -0.15) is 0 Å². The molecule has 0 aliphatic heterocycles. The van der Waals surface area contributed by atoms with Crippen LogP contribution in [0, 0.1) is 5.92 Å². The molecule has 1 heterocycles. The number of aromatic nitrogens is 2. The van der Waals surface area contributed by atoms with Crippen LogP contribution in [0.15, 0.2) is 6.33 Å². The summed E-state index contributed by atoms with van der Waals surface area (Å²) in [5.41, 5.74) is 6.97. The van der Waals surface area contributed by atoms with E-state index in [0.29, 0.717) is 12.5 Å². The zero-order chi connectivity index (χ0) is 11.4. The van der Waals surface area contributed by atoms with Gasteiger partial charge in [0.05, 0.1) is 18.6 Å². The maximum atomic E-state index is 6.03. The van der Waals surface area contributed by atoms with E-state index in [9.17, 15) is 0 Å². The minimum Gasteiger partial charge on any atom is -0.384 e. The van der Waals surface area contributed by atoms with Crippen LogP contribution in [0.1, 0.15) is 32.4 Å². The van der Waals surface area contributed by atoms with Gasteiger partial charge in [0, 0.05) is 19.6 Å². The highest BCUT2D eigenvalue weighted by Crippen LogP contribution is 2.21. The summed E-state index contributed by atoms with van der Waals surface area (Å²) in [5, 5.41) is 0. The Balaban J connectivity index is 2.79. The number of imidazole rings is 1. The summed E-state index contributed by atoms with van der Waals surface area (Å²) in [4.78, 5) is 4.35. The van der Waals surface area contributed by atoms with Crippen molar-refractivity contribution in [2.75, 3.05) is 19.5 Å². The quantitative estimate of drug-likeness (QED) is 0.809. The lowest BCUT2D eigenvalue weighted by Gasteiger charge is -2.11. The highest BCUT2D eigenvalue weighted by Gasteiger charge is 2.14. The molecule has 1 unspecified atom stereocenters. The van der Waals surface area contributed by atoms with Crippen molar-refractivity contribution in [2.24, 2.45) is 5.92 Å². The van der Waals surface area contributed by atoms with E-state index >= 15 is 0 Å². The average molecular weight is 211 g/mol. The maximum absolute atomic E-state index is 6.03. The van der Waals surface area contributed by atoms with Gasteiger partial charge in [-0.3, -0.25) is 0 Å². The van der Waals surface area contributed by atoms with Gasteiger partial charge in [-0.05, 0) is 5.92 Å². The van der Waals surface area contributed by atoms with Gasteiger partial charge >= 0.3 is 0 Å². The van der Waals surface area contributed by atoms with Gasteiger partial charge in [0.2, 0.25) is 0 Å². The molecule has 0 bridgehead atoms. The van der Waals surface area contributed by atoms with E-state index in [-0.39, 0.29) is 5.92 Å². The number of nitrogens with zero attached hydrogens (tertiary/aromatic N) is 2. The number of hydrogen-bond donors (Lipinski definition) is 1. The minimum absolute atomic E-state index is 0.253. The van der Waals surface area contributed by atoms with Gasteiger partial charge in [-0.25, -0.2) is 4.98 Å². The minimum atomic E-state index is 0.253. The normalized spacial score (nSPS) is 13.4. The number of nitrogens with two attached hydrogens (primary N) is 1. The number of anilines is 1. The third kappa shape index (κ3) is 2.96. The molecular formula is C11H21N3O. The summed E-state index contributed by atoms with van der Waals surface area (Å²) < 4.78 is 7.10. The Morgan fingerprint density at radius 2 is 2.13 bits per heavy atom. The number of methoxy groups -OCH3 is 1. The van der Waals surface area contributed by atoms with Crippen LogP contribution >= 0.6 is 0 Å². The molecule has 1 atom stereocenters. The summed E-state index contributed by atoms with van der Waals surface area (Å²) in [6.45, 7) is 7.97. The SMILES string of the molecule is COCC(C)c1ncn(CC(C)C)c1N. The average Bonchev–Trinajstić information content (AvgIpc) is 2.48. The lowest BCUT2D eigenvalue weighted by atomic mass is 10.1. The molecule has 1 aromatic heterocycles. The zero-order valence-corrected chi connectivity index (χ0v) is 10.0. The van der Waals surface area contributed by atoms with Crippen LogP contribution < -0.4 is 5.73 Å². The molecule has 1 rings (SSSR count). The predicted molar refractivity (Wildman–Crippen MR) is 61.8 cm³/mol. The summed E-state index contributed by atoms with van der Waals surface area (Å²) in [6, 6.07) is 0. The van der Waals surface area contributed by atoms with Crippen molar-refractivity contribution in [3.05, 3.63) is 12.0 Å². The molecule has 0 fully saturated rings. The summed E-state index contributed by atoms with van der Waals surface area (Å²) in [7, 11) is 1.69. The van der Waals surface area contributed by atoms with E-state index < -0.39 is 0 Å². The first kappa shape index (κ1) is 12.0. The van der Waals surface area contributed by atoms with E-state index in [1.54, 1.807) is 7.11 Å². The number of rotatable bonds is 5. The van der Waals surface area contributed by atoms with Gasteiger partial charge in [-0.1, -0.05) is 20.8 Å². The van der Waals surface area contributed by atoms with Gasteiger partial charge in [0.15, 0.2) is 0 Å². The summed E-state index contributed by atoms with van der Waals surface area (Å²) in [6.07, 6.45) is 1.82. The van der Waals surface area contributed by atoms with E-state index in [4.69, 9.17) is 10.5 Å². The third-order valence-electron chi connectivity index (χ3n) is 2.35. The Labute approximate surface area is 91.4 Å². The van der Waals surface area contributed by atoms with Crippen LogP contribution in [0.2, 0.25) is 0 Å². The van der Waals surface area contributed by atoms with Crippen molar-refractivity contribution in [3.63, 3.8) is 0 Å². The smallest absolute Gasteiger partial charge is 0.126 e. The Morgan fingerprint density at radius 3 is 2.67 bits per heavy atom. The molecule has 0 aliphatic carbocycles. The third-order valence-corrected chi connectivity index (χ3v) is 2.35. The number of hydrogen-bond acceptors (Lipinski definition) is 3. The Morgan fingerprint density at radius 1 is 1.47 bits per heavy atom. The summed E-state index contributed by atoms with van der Waals surface area (Å²) >= 11 is 0. The van der Waals surface area contributed by atoms with Crippen molar-refractivity contribution >= 4 is 5.82 Å². The molecule has 1 aromatic rings. The van der Waals surface area contributed by atoms with Gasteiger partial charge in [-0.15, -0.1) is 0 Å². The Hall–Kier alpha value is -1.03. The van der Waals surface area contributed by atoms with E-state index in [2.05, 4.69) is 25.8 Å². The van der Waals surface area contributed by atoms with Crippen LogP contribution in [0.5, 0.6) is 0 Å². The van der Waals surface area contributed by atoms with E-state index in [1.807, 2.05) is 10.9 Å². The number of ether oxygens (including phenoxy) is 1. The lowest BCUT2D eigenvalue weighted by Crippen LogP contribution is -2.10. The standard InChI is InChI=1S/C11H21N3O/c1-8(2)5-14-7-13-10(11(14)12)9(3)6-15-4/h7-9H,5-6,12H2,1-4H3. The Kier molecular flexibility index (Phi) is 4.15. The molecule has 0 aliphatic rings. The molecule has 86 valence electrons. The predicted octanol–water partition coefficient (Wildman–Crippen LogP) is 1.87. The molecule has 15 heavy (non-hydrogen) atoms. The van der Waals surface area contributed by atoms with Crippen LogP contribution in [0.4, 0.5) is 5.82 Å². The Bertz CT molecular complexity index is 307. The molecule has 4 nitrogen and oxygen atoms in total. The second kappa shape index (κ2) is 5.16. The zero-order valence-electron chi connectivity index (χ0n) is 10.0. The second-order valence-corrected chi connectivity index (χ2v) is 4.42. The lowest BCUT2D eigenvalue weighted by molar-refractivity contribution is 0.183. The highest BCUT2D eigenvalue weighted by molar-refractivity contribution is 5.38. The molecule has 4 heteroatoms.